The van der Waals surface area contributed by atoms with Crippen LogP contribution < -0.4 is 14.2 Å². The molecule has 0 saturated heterocycles. The van der Waals surface area contributed by atoms with Crippen LogP contribution in [0.2, 0.25) is 0 Å². The summed E-state index contributed by atoms with van der Waals surface area (Å²) in [6.45, 7) is 3.74. The molecule has 5 nitrogen and oxygen atoms in total. The minimum absolute atomic E-state index is 0.0411. The lowest BCUT2D eigenvalue weighted by Gasteiger charge is -2.16. The predicted molar refractivity (Wildman–Crippen MR) is 136 cm³/mol. The first-order valence-corrected chi connectivity index (χ1v) is 11.8. The van der Waals surface area contributed by atoms with Gasteiger partial charge in [0.15, 0.2) is 11.5 Å². The quantitative estimate of drug-likeness (QED) is 0.238. The monoisotopic (exact) mass is 522 g/mol. The number of para-hydroxylation sites is 1. The highest BCUT2D eigenvalue weighted by atomic mass is 19.4. The number of halogens is 3. The Balaban J connectivity index is 1.58. The van der Waals surface area contributed by atoms with Crippen molar-refractivity contribution in [3.8, 4) is 34.5 Å². The molecule has 0 heterocycles. The van der Waals surface area contributed by atoms with Crippen molar-refractivity contribution in [2.45, 2.75) is 32.9 Å². The first-order chi connectivity index (χ1) is 18.1. The Hall–Kier alpha value is -4.46. The summed E-state index contributed by atoms with van der Waals surface area (Å²) in [5.41, 5.74) is 1.78. The van der Waals surface area contributed by atoms with E-state index < -0.39 is 17.7 Å². The van der Waals surface area contributed by atoms with Crippen molar-refractivity contribution < 1.29 is 37.3 Å². The second-order valence-electron chi connectivity index (χ2n) is 8.69. The number of carboxylic acids is 1. The van der Waals surface area contributed by atoms with E-state index in [1.165, 1.54) is 6.07 Å². The van der Waals surface area contributed by atoms with Crippen LogP contribution in [0.4, 0.5) is 13.2 Å². The summed E-state index contributed by atoms with van der Waals surface area (Å²) in [7, 11) is 0. The molecule has 0 spiro atoms. The molecule has 0 radical (unpaired) electrons. The zero-order valence-electron chi connectivity index (χ0n) is 20.7. The van der Waals surface area contributed by atoms with Crippen LogP contribution in [0.5, 0.6) is 34.5 Å². The highest BCUT2D eigenvalue weighted by molar-refractivity contribution is 5.67. The molecular weight excluding hydrogens is 497 g/mol. The van der Waals surface area contributed by atoms with E-state index in [0.29, 0.717) is 29.4 Å². The van der Waals surface area contributed by atoms with Gasteiger partial charge in [-0.2, -0.15) is 13.2 Å². The van der Waals surface area contributed by atoms with E-state index >= 15 is 0 Å². The fourth-order valence-electron chi connectivity index (χ4n) is 3.73. The molecule has 0 aliphatic carbocycles. The van der Waals surface area contributed by atoms with Gasteiger partial charge < -0.3 is 19.3 Å². The number of aryl methyl sites for hydroxylation is 3. The number of ether oxygens (including phenoxy) is 3. The van der Waals surface area contributed by atoms with Gasteiger partial charge in [0.1, 0.15) is 23.0 Å². The van der Waals surface area contributed by atoms with Gasteiger partial charge in [-0.25, -0.2) is 0 Å². The highest BCUT2D eigenvalue weighted by Gasteiger charge is 2.31. The van der Waals surface area contributed by atoms with Crippen LogP contribution in [0.3, 0.4) is 0 Å². The maximum absolute atomic E-state index is 13.4. The lowest BCUT2D eigenvalue weighted by molar-refractivity contribution is -0.138. The number of hydrogen-bond acceptors (Lipinski definition) is 4. The molecule has 4 rings (SSSR count). The minimum Gasteiger partial charge on any atom is -0.481 e. The molecule has 0 saturated carbocycles. The van der Waals surface area contributed by atoms with E-state index in [-0.39, 0.29) is 17.9 Å². The van der Waals surface area contributed by atoms with Gasteiger partial charge in [-0.1, -0.05) is 30.3 Å². The number of carboxylic acid groups (broad SMARTS) is 1. The van der Waals surface area contributed by atoms with Gasteiger partial charge in [-0.15, -0.1) is 0 Å². The van der Waals surface area contributed by atoms with Gasteiger partial charge in [0.05, 0.1) is 5.56 Å². The number of aliphatic carboxylic acids is 1. The molecule has 0 aliphatic heterocycles. The number of carbonyl (C=O) groups is 1. The Morgan fingerprint density at radius 2 is 1.37 bits per heavy atom. The minimum atomic E-state index is -4.54. The summed E-state index contributed by atoms with van der Waals surface area (Å²) in [6, 6.07) is 22.1. The summed E-state index contributed by atoms with van der Waals surface area (Å²) in [4.78, 5) is 10.9. The molecule has 38 heavy (non-hydrogen) atoms. The Morgan fingerprint density at radius 3 is 2.05 bits per heavy atom. The van der Waals surface area contributed by atoms with E-state index in [1.807, 2.05) is 26.0 Å². The molecule has 4 aromatic carbocycles. The topological polar surface area (TPSA) is 65.0 Å². The Labute approximate surface area is 218 Å². The van der Waals surface area contributed by atoms with Crippen LogP contribution in [0.25, 0.3) is 0 Å². The number of rotatable bonds is 9. The molecule has 0 unspecified atom stereocenters. The largest absolute Gasteiger partial charge is 0.481 e. The Morgan fingerprint density at radius 1 is 0.711 bits per heavy atom. The SMILES string of the molecule is Cc1cc(Oc2cc(Oc3ccc(C(F)(F)F)cc3Oc3ccccc3)ccc2C)ccc1CCC(=O)O. The average molecular weight is 523 g/mol. The zero-order chi connectivity index (χ0) is 27.3. The molecule has 0 amide bonds. The third-order valence-electron chi connectivity index (χ3n) is 5.78. The maximum atomic E-state index is 13.4. The van der Waals surface area contributed by atoms with Crippen LogP contribution in [0, 0.1) is 13.8 Å². The van der Waals surface area contributed by atoms with E-state index in [9.17, 15) is 18.0 Å². The maximum Gasteiger partial charge on any atom is 0.416 e. The highest BCUT2D eigenvalue weighted by Crippen LogP contribution is 2.41. The van der Waals surface area contributed by atoms with Crippen molar-refractivity contribution in [3.05, 3.63) is 107 Å². The van der Waals surface area contributed by atoms with E-state index in [4.69, 9.17) is 19.3 Å². The van der Waals surface area contributed by atoms with Crippen LogP contribution in [-0.2, 0) is 17.4 Å². The summed E-state index contributed by atoms with van der Waals surface area (Å²) in [5, 5.41) is 8.92. The second kappa shape index (κ2) is 11.3. The van der Waals surface area contributed by atoms with Gasteiger partial charge in [-0.05, 0) is 85.5 Å². The van der Waals surface area contributed by atoms with Crippen LogP contribution in [0.1, 0.15) is 28.7 Å². The molecular formula is C30H25F3O5. The van der Waals surface area contributed by atoms with Crippen molar-refractivity contribution in [1.82, 2.24) is 0 Å². The van der Waals surface area contributed by atoms with Gasteiger partial charge in [0.2, 0.25) is 0 Å². The molecule has 1 N–H and O–H groups in total. The molecule has 0 aliphatic rings. The lowest BCUT2D eigenvalue weighted by Crippen LogP contribution is -2.05. The van der Waals surface area contributed by atoms with Crippen molar-refractivity contribution >= 4 is 5.97 Å². The number of hydrogen-bond donors (Lipinski definition) is 1. The smallest absolute Gasteiger partial charge is 0.416 e. The molecule has 0 atom stereocenters. The fourth-order valence-corrected chi connectivity index (χ4v) is 3.73. The second-order valence-corrected chi connectivity index (χ2v) is 8.69. The Bertz CT molecular complexity index is 1430. The summed E-state index contributed by atoms with van der Waals surface area (Å²) < 4.78 is 57.8. The van der Waals surface area contributed by atoms with Gasteiger partial charge >= 0.3 is 12.1 Å². The van der Waals surface area contributed by atoms with Crippen LogP contribution in [0.15, 0.2) is 84.9 Å². The molecule has 0 fully saturated rings. The summed E-state index contributed by atoms with van der Waals surface area (Å²) in [5.74, 6) is 0.936. The number of alkyl halides is 3. The van der Waals surface area contributed by atoms with E-state index in [1.54, 1.807) is 54.6 Å². The summed E-state index contributed by atoms with van der Waals surface area (Å²) >= 11 is 0. The van der Waals surface area contributed by atoms with Crippen molar-refractivity contribution in [2.24, 2.45) is 0 Å². The van der Waals surface area contributed by atoms with Crippen molar-refractivity contribution in [2.75, 3.05) is 0 Å². The lowest BCUT2D eigenvalue weighted by atomic mass is 10.0. The number of benzene rings is 4. The molecule has 196 valence electrons. The molecule has 8 heteroatoms. The van der Waals surface area contributed by atoms with E-state index in [2.05, 4.69) is 0 Å². The Kier molecular flexibility index (Phi) is 7.90. The van der Waals surface area contributed by atoms with Crippen molar-refractivity contribution in [1.29, 1.82) is 0 Å². The fraction of sp³-hybridized carbons (Fsp3) is 0.167. The van der Waals surface area contributed by atoms with Gasteiger partial charge in [-0.3, -0.25) is 4.79 Å². The van der Waals surface area contributed by atoms with Crippen LogP contribution in [-0.4, -0.2) is 11.1 Å². The molecule has 4 aromatic rings. The van der Waals surface area contributed by atoms with Gasteiger partial charge in [0, 0.05) is 12.5 Å². The van der Waals surface area contributed by atoms with E-state index in [0.717, 1.165) is 28.8 Å². The normalized spacial score (nSPS) is 11.2. The molecule has 0 bridgehead atoms. The third kappa shape index (κ3) is 6.85. The van der Waals surface area contributed by atoms with Crippen molar-refractivity contribution in [3.63, 3.8) is 0 Å². The van der Waals surface area contributed by atoms with Crippen LogP contribution >= 0.6 is 0 Å². The first kappa shape index (κ1) is 26.6. The third-order valence-corrected chi connectivity index (χ3v) is 5.78. The molecule has 0 aromatic heterocycles. The predicted octanol–water partition coefficient (Wildman–Crippen LogP) is 8.72. The standard InChI is InChI=1S/C30H25F3O5/c1-19-8-12-25(18-27(19)38-24-13-9-21(20(2)16-24)10-15-29(34)35)37-26-14-11-22(30(31,32)33)17-28(26)36-23-6-4-3-5-7-23/h3-9,11-14,16-18H,10,15H2,1-2H3,(H,34,35). The summed E-state index contributed by atoms with van der Waals surface area (Å²) in [6.07, 6.45) is -4.08. The zero-order valence-corrected chi connectivity index (χ0v) is 20.7. The first-order valence-electron chi connectivity index (χ1n) is 11.8. The van der Waals surface area contributed by atoms with Gasteiger partial charge in [0.25, 0.3) is 0 Å². The average Bonchev–Trinajstić information content (AvgIpc) is 2.86.